The zero-order chi connectivity index (χ0) is 23.8. The molecule has 33 heavy (non-hydrogen) atoms. The molecule has 0 aromatic heterocycles. The Morgan fingerprint density at radius 1 is 1.03 bits per heavy atom. The summed E-state index contributed by atoms with van der Waals surface area (Å²) in [6.07, 6.45) is 1.38. The summed E-state index contributed by atoms with van der Waals surface area (Å²) in [6, 6.07) is 11.0. The highest BCUT2D eigenvalue weighted by Crippen LogP contribution is 2.29. The predicted octanol–water partition coefficient (Wildman–Crippen LogP) is 3.28. The van der Waals surface area contributed by atoms with Crippen molar-refractivity contribution in [2.75, 3.05) is 18.4 Å². The summed E-state index contributed by atoms with van der Waals surface area (Å²) in [5.74, 6) is -0.804. The molecular formula is C23H26ClN3O5S. The number of nitrogens with one attached hydrogen (secondary N) is 2. The minimum Gasteiger partial charge on any atom is -0.373 e. The maximum atomic E-state index is 13.3. The molecule has 0 unspecified atom stereocenters. The van der Waals surface area contributed by atoms with E-state index in [2.05, 4.69) is 10.6 Å². The van der Waals surface area contributed by atoms with Gasteiger partial charge in [0.1, 0.15) is 4.90 Å². The van der Waals surface area contributed by atoms with Crippen LogP contribution in [0.25, 0.3) is 0 Å². The van der Waals surface area contributed by atoms with E-state index >= 15 is 0 Å². The van der Waals surface area contributed by atoms with Gasteiger partial charge in [-0.15, -0.1) is 0 Å². The normalized spacial score (nSPS) is 21.4. The van der Waals surface area contributed by atoms with Gasteiger partial charge in [-0.05, 0) is 57.0 Å². The highest BCUT2D eigenvalue weighted by Gasteiger charge is 2.34. The van der Waals surface area contributed by atoms with Crippen LogP contribution < -0.4 is 10.6 Å². The number of carbonyl (C=O) groups is 2. The molecule has 2 aromatic carbocycles. The van der Waals surface area contributed by atoms with Gasteiger partial charge >= 0.3 is 0 Å². The van der Waals surface area contributed by atoms with Crippen LogP contribution in [0.15, 0.2) is 47.4 Å². The van der Waals surface area contributed by atoms with E-state index in [0.717, 1.165) is 12.8 Å². The number of para-hydroxylation sites is 1. The van der Waals surface area contributed by atoms with Crippen LogP contribution in [-0.4, -0.2) is 55.9 Å². The number of benzene rings is 2. The summed E-state index contributed by atoms with van der Waals surface area (Å²) in [6.45, 7) is 4.01. The molecule has 1 saturated carbocycles. The fourth-order valence-electron chi connectivity index (χ4n) is 3.78. The second kappa shape index (κ2) is 9.42. The quantitative estimate of drug-likeness (QED) is 0.645. The van der Waals surface area contributed by atoms with Crippen molar-refractivity contribution in [1.82, 2.24) is 9.62 Å². The number of ether oxygens (including phenoxy) is 1. The molecule has 4 rings (SSSR count). The fourth-order valence-corrected chi connectivity index (χ4v) is 5.87. The molecule has 2 aromatic rings. The SMILES string of the molecule is C[C@@H]1CN(S(=O)(=O)c2cc(C(=O)Nc3ccccc3C(=O)NC3CC3)ccc2Cl)C[C@H](C)O1. The molecule has 10 heteroatoms. The van der Waals surface area contributed by atoms with Gasteiger partial charge in [0.2, 0.25) is 10.0 Å². The molecule has 0 spiro atoms. The summed E-state index contributed by atoms with van der Waals surface area (Å²) < 4.78 is 33.5. The first-order valence-corrected chi connectivity index (χ1v) is 12.6. The Labute approximate surface area is 198 Å². The lowest BCUT2D eigenvalue weighted by Crippen LogP contribution is -2.48. The van der Waals surface area contributed by atoms with Gasteiger partial charge in [0.05, 0.1) is 28.5 Å². The number of nitrogens with zero attached hydrogens (tertiary/aromatic N) is 1. The van der Waals surface area contributed by atoms with E-state index in [9.17, 15) is 18.0 Å². The molecule has 0 radical (unpaired) electrons. The Morgan fingerprint density at radius 2 is 1.70 bits per heavy atom. The Morgan fingerprint density at radius 3 is 2.36 bits per heavy atom. The van der Waals surface area contributed by atoms with Crippen LogP contribution in [0, 0.1) is 0 Å². The monoisotopic (exact) mass is 491 g/mol. The Kier molecular flexibility index (Phi) is 6.76. The van der Waals surface area contributed by atoms with Gasteiger partial charge in [-0.25, -0.2) is 8.42 Å². The highest BCUT2D eigenvalue weighted by atomic mass is 35.5. The topological polar surface area (TPSA) is 105 Å². The Hall–Kier alpha value is -2.46. The lowest BCUT2D eigenvalue weighted by atomic mass is 10.1. The maximum Gasteiger partial charge on any atom is 0.255 e. The highest BCUT2D eigenvalue weighted by molar-refractivity contribution is 7.89. The number of amides is 2. The van der Waals surface area contributed by atoms with E-state index in [1.54, 1.807) is 38.1 Å². The van der Waals surface area contributed by atoms with E-state index in [-0.39, 0.29) is 52.7 Å². The molecule has 1 aliphatic carbocycles. The van der Waals surface area contributed by atoms with Crippen molar-refractivity contribution in [1.29, 1.82) is 0 Å². The number of morpholine rings is 1. The number of hydrogen-bond acceptors (Lipinski definition) is 5. The third-order valence-electron chi connectivity index (χ3n) is 5.53. The van der Waals surface area contributed by atoms with Crippen LogP contribution in [0.4, 0.5) is 5.69 Å². The van der Waals surface area contributed by atoms with Gasteiger partial charge in [-0.1, -0.05) is 23.7 Å². The molecule has 2 amide bonds. The zero-order valence-electron chi connectivity index (χ0n) is 18.4. The molecule has 1 heterocycles. The number of rotatable bonds is 6. The predicted molar refractivity (Wildman–Crippen MR) is 125 cm³/mol. The molecule has 0 bridgehead atoms. The third kappa shape index (κ3) is 5.38. The number of halogens is 1. The van der Waals surface area contributed by atoms with Crippen LogP contribution in [0.2, 0.25) is 5.02 Å². The van der Waals surface area contributed by atoms with Crippen molar-refractivity contribution in [3.05, 3.63) is 58.6 Å². The average molecular weight is 492 g/mol. The minimum absolute atomic E-state index is 0.0301. The lowest BCUT2D eigenvalue weighted by molar-refractivity contribution is -0.0440. The molecule has 1 aliphatic heterocycles. The van der Waals surface area contributed by atoms with Crippen LogP contribution in [0.5, 0.6) is 0 Å². The van der Waals surface area contributed by atoms with Gasteiger partial charge < -0.3 is 15.4 Å². The van der Waals surface area contributed by atoms with Crippen molar-refractivity contribution in [2.24, 2.45) is 0 Å². The van der Waals surface area contributed by atoms with Gasteiger partial charge in [-0.3, -0.25) is 9.59 Å². The van der Waals surface area contributed by atoms with Crippen LogP contribution in [0.3, 0.4) is 0 Å². The summed E-state index contributed by atoms with van der Waals surface area (Å²) in [5.41, 5.74) is 0.802. The van der Waals surface area contributed by atoms with Crippen LogP contribution in [-0.2, 0) is 14.8 Å². The standard InChI is InChI=1S/C23H26ClN3O5S/c1-14-12-27(13-15(2)32-14)33(30,31)21-11-16(7-10-19(21)24)22(28)26-20-6-4-3-5-18(20)23(29)25-17-8-9-17/h3-7,10-11,14-15,17H,8-9,12-13H2,1-2H3,(H,25,29)(H,26,28)/t14-,15+. The Balaban J connectivity index is 1.58. The third-order valence-corrected chi connectivity index (χ3v) is 7.84. The lowest BCUT2D eigenvalue weighted by Gasteiger charge is -2.34. The maximum absolute atomic E-state index is 13.3. The summed E-state index contributed by atoms with van der Waals surface area (Å²) in [4.78, 5) is 25.4. The van der Waals surface area contributed by atoms with E-state index in [0.29, 0.717) is 11.3 Å². The molecular weight excluding hydrogens is 466 g/mol. The second-order valence-corrected chi connectivity index (χ2v) is 10.8. The van der Waals surface area contributed by atoms with Crippen molar-refractivity contribution in [2.45, 2.75) is 49.8 Å². The van der Waals surface area contributed by atoms with Crippen LogP contribution >= 0.6 is 11.6 Å². The smallest absolute Gasteiger partial charge is 0.255 e. The van der Waals surface area contributed by atoms with Crippen molar-refractivity contribution < 1.29 is 22.7 Å². The van der Waals surface area contributed by atoms with Crippen LogP contribution in [0.1, 0.15) is 47.4 Å². The number of carbonyl (C=O) groups excluding carboxylic acids is 2. The van der Waals surface area contributed by atoms with E-state index in [1.165, 1.54) is 22.5 Å². The second-order valence-electron chi connectivity index (χ2n) is 8.47. The Bertz CT molecular complexity index is 1170. The first-order chi connectivity index (χ1) is 15.6. The van der Waals surface area contributed by atoms with E-state index in [4.69, 9.17) is 16.3 Å². The van der Waals surface area contributed by atoms with Gasteiger partial charge in [0, 0.05) is 24.7 Å². The minimum atomic E-state index is -3.94. The summed E-state index contributed by atoms with van der Waals surface area (Å²) in [5, 5.41) is 5.65. The summed E-state index contributed by atoms with van der Waals surface area (Å²) >= 11 is 6.24. The number of sulfonamides is 1. The molecule has 176 valence electrons. The van der Waals surface area contributed by atoms with E-state index in [1.807, 2.05) is 0 Å². The largest absolute Gasteiger partial charge is 0.373 e. The molecule has 2 N–H and O–H groups in total. The number of hydrogen-bond donors (Lipinski definition) is 2. The first kappa shape index (κ1) is 23.7. The fraction of sp³-hybridized carbons (Fsp3) is 0.391. The molecule has 2 atom stereocenters. The first-order valence-electron chi connectivity index (χ1n) is 10.8. The molecule has 1 saturated heterocycles. The van der Waals surface area contributed by atoms with Gasteiger partial charge in [0.15, 0.2) is 0 Å². The van der Waals surface area contributed by atoms with Crippen molar-refractivity contribution in [3.8, 4) is 0 Å². The molecule has 8 nitrogen and oxygen atoms in total. The van der Waals surface area contributed by atoms with Crippen molar-refractivity contribution >= 4 is 39.1 Å². The zero-order valence-corrected chi connectivity index (χ0v) is 19.9. The summed E-state index contributed by atoms with van der Waals surface area (Å²) in [7, 11) is -3.94. The van der Waals surface area contributed by atoms with Gasteiger partial charge in [-0.2, -0.15) is 4.31 Å². The van der Waals surface area contributed by atoms with E-state index < -0.39 is 15.9 Å². The molecule has 2 aliphatic rings. The molecule has 2 fully saturated rings. The average Bonchev–Trinajstić information content (AvgIpc) is 3.57. The van der Waals surface area contributed by atoms with Gasteiger partial charge in [0.25, 0.3) is 11.8 Å². The van der Waals surface area contributed by atoms with Crippen molar-refractivity contribution in [3.63, 3.8) is 0 Å². The number of anilines is 1.